The SMILES string of the molecule is C#CCN(CC)CCc1ccc(C(=O)OC)cc1. The van der Waals surface area contributed by atoms with Crippen LogP contribution in [0.3, 0.4) is 0 Å². The van der Waals surface area contributed by atoms with E-state index in [-0.39, 0.29) is 5.97 Å². The van der Waals surface area contributed by atoms with Crippen molar-refractivity contribution < 1.29 is 9.53 Å². The molecule has 1 rings (SSSR count). The zero-order valence-corrected chi connectivity index (χ0v) is 11.0. The monoisotopic (exact) mass is 245 g/mol. The van der Waals surface area contributed by atoms with Gasteiger partial charge in [0.1, 0.15) is 0 Å². The number of hydrogen-bond donors (Lipinski definition) is 0. The van der Waals surface area contributed by atoms with Crippen LogP contribution in [0.25, 0.3) is 0 Å². The summed E-state index contributed by atoms with van der Waals surface area (Å²) in [6.07, 6.45) is 6.23. The minimum absolute atomic E-state index is 0.302. The molecule has 3 nitrogen and oxygen atoms in total. The summed E-state index contributed by atoms with van der Waals surface area (Å²) in [5, 5.41) is 0. The van der Waals surface area contributed by atoms with Gasteiger partial charge in [-0.15, -0.1) is 6.42 Å². The molecular weight excluding hydrogens is 226 g/mol. The fourth-order valence-electron chi connectivity index (χ4n) is 1.69. The highest BCUT2D eigenvalue weighted by Crippen LogP contribution is 2.07. The van der Waals surface area contributed by atoms with E-state index >= 15 is 0 Å². The van der Waals surface area contributed by atoms with Gasteiger partial charge >= 0.3 is 5.97 Å². The molecule has 3 heteroatoms. The quantitative estimate of drug-likeness (QED) is 0.567. The van der Waals surface area contributed by atoms with Gasteiger partial charge < -0.3 is 4.74 Å². The van der Waals surface area contributed by atoms with Crippen LogP contribution in [0.2, 0.25) is 0 Å². The maximum atomic E-state index is 11.3. The molecule has 0 radical (unpaired) electrons. The van der Waals surface area contributed by atoms with Crippen LogP contribution in [-0.4, -0.2) is 37.6 Å². The first kappa shape index (κ1) is 14.3. The standard InChI is InChI=1S/C15H19NO2/c1-4-11-16(5-2)12-10-13-6-8-14(9-7-13)15(17)18-3/h1,6-9H,5,10-12H2,2-3H3. The normalized spacial score (nSPS) is 10.1. The topological polar surface area (TPSA) is 29.5 Å². The number of nitrogens with zero attached hydrogens (tertiary/aromatic N) is 1. The van der Waals surface area contributed by atoms with E-state index in [4.69, 9.17) is 6.42 Å². The van der Waals surface area contributed by atoms with E-state index in [2.05, 4.69) is 22.5 Å². The Balaban J connectivity index is 2.54. The lowest BCUT2D eigenvalue weighted by atomic mass is 10.1. The van der Waals surface area contributed by atoms with Crippen molar-refractivity contribution >= 4 is 5.97 Å². The molecule has 0 spiro atoms. The number of hydrogen-bond acceptors (Lipinski definition) is 3. The lowest BCUT2D eigenvalue weighted by Crippen LogP contribution is -2.26. The zero-order valence-electron chi connectivity index (χ0n) is 11.0. The summed E-state index contributed by atoms with van der Waals surface area (Å²) < 4.78 is 4.65. The van der Waals surface area contributed by atoms with E-state index in [9.17, 15) is 4.79 Å². The molecule has 0 heterocycles. The molecule has 0 N–H and O–H groups in total. The van der Waals surface area contributed by atoms with E-state index in [1.54, 1.807) is 12.1 Å². The van der Waals surface area contributed by atoms with E-state index in [0.717, 1.165) is 19.5 Å². The van der Waals surface area contributed by atoms with Crippen molar-refractivity contribution in [2.45, 2.75) is 13.3 Å². The van der Waals surface area contributed by atoms with Crippen LogP contribution in [0.4, 0.5) is 0 Å². The number of ether oxygens (including phenoxy) is 1. The third kappa shape index (κ3) is 4.23. The van der Waals surface area contributed by atoms with Crippen molar-refractivity contribution in [3.05, 3.63) is 35.4 Å². The molecule has 1 aromatic carbocycles. The number of methoxy groups -OCH3 is 1. The fourth-order valence-corrected chi connectivity index (χ4v) is 1.69. The summed E-state index contributed by atoms with van der Waals surface area (Å²) >= 11 is 0. The number of carbonyl (C=O) groups is 1. The Morgan fingerprint density at radius 1 is 1.39 bits per heavy atom. The Bertz CT molecular complexity index is 417. The molecule has 0 aromatic heterocycles. The lowest BCUT2D eigenvalue weighted by Gasteiger charge is -2.17. The Labute approximate surface area is 109 Å². The Morgan fingerprint density at radius 3 is 2.56 bits per heavy atom. The molecule has 0 unspecified atom stereocenters. The van der Waals surface area contributed by atoms with Crippen LogP contribution in [0.1, 0.15) is 22.8 Å². The first-order valence-corrected chi connectivity index (χ1v) is 6.04. The molecule has 0 amide bonds. The third-order valence-corrected chi connectivity index (χ3v) is 2.85. The smallest absolute Gasteiger partial charge is 0.337 e. The highest BCUT2D eigenvalue weighted by Gasteiger charge is 2.05. The van der Waals surface area contributed by atoms with Crippen LogP contribution in [-0.2, 0) is 11.2 Å². The van der Waals surface area contributed by atoms with E-state index < -0.39 is 0 Å². The van der Waals surface area contributed by atoms with Crippen molar-refractivity contribution in [2.24, 2.45) is 0 Å². The summed E-state index contributed by atoms with van der Waals surface area (Å²) in [5.74, 6) is 2.35. The molecule has 0 aliphatic rings. The molecule has 0 bridgehead atoms. The number of carbonyl (C=O) groups excluding carboxylic acids is 1. The van der Waals surface area contributed by atoms with Gasteiger partial charge in [0.2, 0.25) is 0 Å². The molecule has 18 heavy (non-hydrogen) atoms. The van der Waals surface area contributed by atoms with Crippen molar-refractivity contribution in [3.63, 3.8) is 0 Å². The molecule has 0 aliphatic heterocycles. The summed E-state index contributed by atoms with van der Waals surface area (Å²) in [7, 11) is 1.38. The van der Waals surface area contributed by atoms with Crippen molar-refractivity contribution in [3.8, 4) is 12.3 Å². The van der Waals surface area contributed by atoms with Crippen LogP contribution in [0.15, 0.2) is 24.3 Å². The van der Waals surface area contributed by atoms with Crippen LogP contribution in [0.5, 0.6) is 0 Å². The minimum Gasteiger partial charge on any atom is -0.465 e. The van der Waals surface area contributed by atoms with Crippen LogP contribution in [0, 0.1) is 12.3 Å². The predicted octanol–water partition coefficient (Wildman–Crippen LogP) is 1.97. The van der Waals surface area contributed by atoms with Gasteiger partial charge in [-0.2, -0.15) is 0 Å². The summed E-state index contributed by atoms with van der Waals surface area (Å²) in [5.41, 5.74) is 1.77. The Hall–Kier alpha value is -1.79. The maximum Gasteiger partial charge on any atom is 0.337 e. The zero-order chi connectivity index (χ0) is 13.4. The van der Waals surface area contributed by atoms with Gasteiger partial charge in [-0.05, 0) is 30.7 Å². The molecule has 1 aromatic rings. The maximum absolute atomic E-state index is 11.3. The average Bonchev–Trinajstić information content (AvgIpc) is 2.43. The Kier molecular flexibility index (Phi) is 5.96. The number of esters is 1. The average molecular weight is 245 g/mol. The summed E-state index contributed by atoms with van der Waals surface area (Å²) in [6, 6.07) is 7.49. The van der Waals surface area contributed by atoms with E-state index in [1.165, 1.54) is 12.7 Å². The number of likely N-dealkylation sites (N-methyl/N-ethyl adjacent to an activating group) is 1. The largest absolute Gasteiger partial charge is 0.465 e. The fraction of sp³-hybridized carbons (Fsp3) is 0.400. The second-order valence-electron chi connectivity index (χ2n) is 4.01. The van der Waals surface area contributed by atoms with Gasteiger partial charge in [0.25, 0.3) is 0 Å². The number of rotatable bonds is 6. The molecule has 96 valence electrons. The number of benzene rings is 1. The first-order valence-electron chi connectivity index (χ1n) is 6.04. The van der Waals surface area contributed by atoms with Gasteiger partial charge in [-0.3, -0.25) is 4.90 Å². The highest BCUT2D eigenvalue weighted by molar-refractivity contribution is 5.89. The highest BCUT2D eigenvalue weighted by atomic mass is 16.5. The van der Waals surface area contributed by atoms with Gasteiger partial charge in [0, 0.05) is 6.54 Å². The Morgan fingerprint density at radius 2 is 2.06 bits per heavy atom. The molecular formula is C15H19NO2. The van der Waals surface area contributed by atoms with Gasteiger partial charge in [0.15, 0.2) is 0 Å². The molecule has 0 saturated carbocycles. The minimum atomic E-state index is -0.302. The molecule has 0 saturated heterocycles. The van der Waals surface area contributed by atoms with Gasteiger partial charge in [0.05, 0.1) is 19.2 Å². The second-order valence-corrected chi connectivity index (χ2v) is 4.01. The molecule has 0 aliphatic carbocycles. The second kappa shape index (κ2) is 7.52. The van der Waals surface area contributed by atoms with Crippen molar-refractivity contribution in [2.75, 3.05) is 26.7 Å². The number of terminal acetylenes is 1. The molecule has 0 atom stereocenters. The third-order valence-electron chi connectivity index (χ3n) is 2.85. The van der Waals surface area contributed by atoms with Crippen LogP contribution < -0.4 is 0 Å². The van der Waals surface area contributed by atoms with Crippen molar-refractivity contribution in [1.82, 2.24) is 4.90 Å². The van der Waals surface area contributed by atoms with Gasteiger partial charge in [-0.1, -0.05) is 25.0 Å². The van der Waals surface area contributed by atoms with Crippen molar-refractivity contribution in [1.29, 1.82) is 0 Å². The lowest BCUT2D eigenvalue weighted by molar-refractivity contribution is 0.0600. The van der Waals surface area contributed by atoms with Crippen LogP contribution >= 0.6 is 0 Å². The molecule has 0 fully saturated rings. The predicted molar refractivity (Wildman–Crippen MR) is 72.4 cm³/mol. The summed E-state index contributed by atoms with van der Waals surface area (Å²) in [6.45, 7) is 4.65. The van der Waals surface area contributed by atoms with E-state index in [0.29, 0.717) is 12.1 Å². The van der Waals surface area contributed by atoms with E-state index in [1.807, 2.05) is 12.1 Å². The first-order chi connectivity index (χ1) is 8.71. The van der Waals surface area contributed by atoms with Gasteiger partial charge in [-0.25, -0.2) is 4.79 Å². The summed E-state index contributed by atoms with van der Waals surface area (Å²) in [4.78, 5) is 13.5.